The second-order valence-corrected chi connectivity index (χ2v) is 4.40. The number of anilines is 2. The summed E-state index contributed by atoms with van der Waals surface area (Å²) in [6.45, 7) is 12.5. The summed E-state index contributed by atoms with van der Waals surface area (Å²) in [6.07, 6.45) is 0. The number of nitrogens with one attached hydrogen (secondary N) is 1. The summed E-state index contributed by atoms with van der Waals surface area (Å²) in [4.78, 5) is 13.7. The molecule has 0 amide bonds. The Morgan fingerprint density at radius 1 is 1.20 bits per heavy atom. The molecule has 0 saturated heterocycles. The molecule has 1 N–H and O–H groups in total. The molecule has 0 aliphatic heterocycles. The van der Waals surface area contributed by atoms with Crippen molar-refractivity contribution in [1.29, 1.82) is 0 Å². The average Bonchev–Trinajstić information content (AvgIpc) is 2.47. The molecule has 4 heteroatoms. The molecule has 1 aromatic carbocycles. The van der Waals surface area contributed by atoms with Crippen LogP contribution in [0.4, 0.5) is 11.4 Å². The summed E-state index contributed by atoms with van der Waals surface area (Å²) in [5.41, 5.74) is 2.59. The maximum absolute atomic E-state index is 11.4. The predicted octanol–water partition coefficient (Wildman–Crippen LogP) is 3.06. The van der Waals surface area contributed by atoms with E-state index >= 15 is 0 Å². The van der Waals surface area contributed by atoms with Crippen LogP contribution in [0, 0.1) is 0 Å². The number of benzene rings is 1. The van der Waals surface area contributed by atoms with Crippen molar-refractivity contribution < 1.29 is 9.53 Å². The van der Waals surface area contributed by atoms with Gasteiger partial charge < -0.3 is 15.0 Å². The molecule has 4 nitrogen and oxygen atoms in total. The highest BCUT2D eigenvalue weighted by Crippen LogP contribution is 2.17. The minimum absolute atomic E-state index is 0.347. The van der Waals surface area contributed by atoms with Gasteiger partial charge in [-0.05, 0) is 45.0 Å². The van der Waals surface area contributed by atoms with Crippen LogP contribution in [0.2, 0.25) is 0 Å². The lowest BCUT2D eigenvalue weighted by Crippen LogP contribution is -2.21. The van der Waals surface area contributed by atoms with Crippen molar-refractivity contribution in [2.45, 2.75) is 20.8 Å². The first kappa shape index (κ1) is 16.1. The van der Waals surface area contributed by atoms with E-state index in [0.29, 0.717) is 18.7 Å². The van der Waals surface area contributed by atoms with Crippen molar-refractivity contribution in [3.05, 3.63) is 36.4 Å². The molecular weight excluding hydrogens is 252 g/mol. The first-order valence-corrected chi connectivity index (χ1v) is 7.06. The van der Waals surface area contributed by atoms with Gasteiger partial charge in [-0.1, -0.05) is 6.58 Å². The van der Waals surface area contributed by atoms with Crippen LogP contribution in [0.5, 0.6) is 0 Å². The summed E-state index contributed by atoms with van der Waals surface area (Å²) in [7, 11) is 0. The molecule has 0 unspecified atom stereocenters. The van der Waals surface area contributed by atoms with Crippen LogP contribution >= 0.6 is 0 Å². The number of carbonyl (C=O) groups excluding carboxylic acids is 1. The normalized spacial score (nSPS) is 9.95. The van der Waals surface area contributed by atoms with Gasteiger partial charge in [0.25, 0.3) is 0 Å². The lowest BCUT2D eigenvalue weighted by atomic mass is 10.2. The van der Waals surface area contributed by atoms with Crippen LogP contribution in [0.15, 0.2) is 36.4 Å². The van der Waals surface area contributed by atoms with Gasteiger partial charge in [-0.15, -0.1) is 0 Å². The standard InChI is InChI=1S/C16H24N2O2/c1-5-18(6-2)15-10-8-14(9-11-15)17-12-13(4)16(19)20-7-3/h8-11,17H,4-7,12H2,1-3H3. The van der Waals surface area contributed by atoms with E-state index in [2.05, 4.69) is 42.8 Å². The SMILES string of the molecule is C=C(CNc1ccc(N(CC)CC)cc1)C(=O)OCC. The smallest absolute Gasteiger partial charge is 0.335 e. The van der Waals surface area contributed by atoms with Gasteiger partial charge in [-0.3, -0.25) is 0 Å². The molecule has 0 aromatic heterocycles. The van der Waals surface area contributed by atoms with Crippen molar-refractivity contribution in [2.24, 2.45) is 0 Å². The van der Waals surface area contributed by atoms with E-state index in [0.717, 1.165) is 18.8 Å². The minimum atomic E-state index is -0.347. The zero-order valence-electron chi connectivity index (χ0n) is 12.6. The minimum Gasteiger partial charge on any atom is -0.463 e. The number of hydrogen-bond donors (Lipinski definition) is 1. The molecule has 0 radical (unpaired) electrons. The van der Waals surface area contributed by atoms with Crippen LogP contribution in [-0.4, -0.2) is 32.2 Å². The Labute approximate surface area is 121 Å². The van der Waals surface area contributed by atoms with E-state index in [4.69, 9.17) is 4.74 Å². The van der Waals surface area contributed by atoms with Crippen LogP contribution in [0.3, 0.4) is 0 Å². The second-order valence-electron chi connectivity index (χ2n) is 4.40. The Hall–Kier alpha value is -1.97. The number of rotatable bonds is 8. The third kappa shape index (κ3) is 4.61. The van der Waals surface area contributed by atoms with Crippen LogP contribution in [0.1, 0.15) is 20.8 Å². The third-order valence-electron chi connectivity index (χ3n) is 3.07. The fraction of sp³-hybridized carbons (Fsp3) is 0.438. The van der Waals surface area contributed by atoms with E-state index in [1.54, 1.807) is 6.92 Å². The summed E-state index contributed by atoms with van der Waals surface area (Å²) < 4.78 is 4.89. The Bertz CT molecular complexity index is 436. The number of hydrogen-bond acceptors (Lipinski definition) is 4. The van der Waals surface area contributed by atoms with Crippen molar-refractivity contribution in [1.82, 2.24) is 0 Å². The van der Waals surface area contributed by atoms with E-state index in [1.165, 1.54) is 5.69 Å². The van der Waals surface area contributed by atoms with Gasteiger partial charge in [0.15, 0.2) is 0 Å². The quantitative estimate of drug-likeness (QED) is 0.585. The van der Waals surface area contributed by atoms with Crippen LogP contribution < -0.4 is 10.2 Å². The molecule has 0 saturated carbocycles. The molecule has 110 valence electrons. The topological polar surface area (TPSA) is 41.6 Å². The highest BCUT2D eigenvalue weighted by Gasteiger charge is 2.07. The molecule has 0 fully saturated rings. The lowest BCUT2D eigenvalue weighted by molar-refractivity contribution is -0.138. The van der Waals surface area contributed by atoms with Gasteiger partial charge in [0.1, 0.15) is 0 Å². The number of ether oxygens (including phenoxy) is 1. The molecule has 0 heterocycles. The van der Waals surface area contributed by atoms with E-state index in [1.807, 2.05) is 12.1 Å². The van der Waals surface area contributed by atoms with Gasteiger partial charge in [0.05, 0.1) is 6.61 Å². The average molecular weight is 276 g/mol. The maximum Gasteiger partial charge on any atom is 0.335 e. The Balaban J connectivity index is 2.53. The highest BCUT2D eigenvalue weighted by atomic mass is 16.5. The maximum atomic E-state index is 11.4. The summed E-state index contributed by atoms with van der Waals surface area (Å²) in [5, 5.41) is 3.17. The summed E-state index contributed by atoms with van der Waals surface area (Å²) >= 11 is 0. The van der Waals surface area contributed by atoms with Crippen LogP contribution in [-0.2, 0) is 9.53 Å². The number of esters is 1. The molecular formula is C16H24N2O2. The summed E-state index contributed by atoms with van der Waals surface area (Å²) in [6, 6.07) is 8.16. The fourth-order valence-electron chi connectivity index (χ4n) is 1.89. The molecule has 1 rings (SSSR count). The molecule has 0 aliphatic rings. The zero-order valence-corrected chi connectivity index (χ0v) is 12.6. The molecule has 0 bridgehead atoms. The second kappa shape index (κ2) is 8.25. The van der Waals surface area contributed by atoms with Gasteiger partial charge in [0, 0.05) is 36.6 Å². The fourth-order valence-corrected chi connectivity index (χ4v) is 1.89. The number of nitrogens with zero attached hydrogens (tertiary/aromatic N) is 1. The first-order chi connectivity index (χ1) is 9.62. The largest absolute Gasteiger partial charge is 0.463 e. The lowest BCUT2D eigenvalue weighted by Gasteiger charge is -2.21. The Morgan fingerprint density at radius 3 is 2.30 bits per heavy atom. The van der Waals surface area contributed by atoms with Crippen LogP contribution in [0.25, 0.3) is 0 Å². The van der Waals surface area contributed by atoms with Crippen molar-refractivity contribution in [3.8, 4) is 0 Å². The van der Waals surface area contributed by atoms with Gasteiger partial charge in [0.2, 0.25) is 0 Å². The molecule has 1 aromatic rings. The van der Waals surface area contributed by atoms with E-state index in [9.17, 15) is 4.79 Å². The molecule has 0 aliphatic carbocycles. The van der Waals surface area contributed by atoms with Gasteiger partial charge in [-0.25, -0.2) is 4.79 Å². The Morgan fingerprint density at radius 2 is 1.80 bits per heavy atom. The van der Waals surface area contributed by atoms with Crippen molar-refractivity contribution in [3.63, 3.8) is 0 Å². The number of carbonyl (C=O) groups is 1. The first-order valence-electron chi connectivity index (χ1n) is 7.06. The van der Waals surface area contributed by atoms with Crippen molar-refractivity contribution >= 4 is 17.3 Å². The predicted molar refractivity (Wildman–Crippen MR) is 84.3 cm³/mol. The summed E-state index contributed by atoms with van der Waals surface area (Å²) in [5.74, 6) is -0.347. The van der Waals surface area contributed by atoms with Gasteiger partial charge in [-0.2, -0.15) is 0 Å². The molecule has 20 heavy (non-hydrogen) atoms. The Kier molecular flexibility index (Phi) is 6.64. The molecule has 0 spiro atoms. The van der Waals surface area contributed by atoms with Crippen molar-refractivity contribution in [2.75, 3.05) is 36.5 Å². The monoisotopic (exact) mass is 276 g/mol. The van der Waals surface area contributed by atoms with E-state index in [-0.39, 0.29) is 5.97 Å². The zero-order chi connectivity index (χ0) is 15.0. The third-order valence-corrected chi connectivity index (χ3v) is 3.07. The van der Waals surface area contributed by atoms with Gasteiger partial charge >= 0.3 is 5.97 Å². The van der Waals surface area contributed by atoms with E-state index < -0.39 is 0 Å². The molecule has 0 atom stereocenters. The highest BCUT2D eigenvalue weighted by molar-refractivity contribution is 5.88.